The molecule has 1 aromatic rings. The molecule has 2 unspecified atom stereocenters. The van der Waals surface area contributed by atoms with E-state index in [1.165, 1.54) is 12.1 Å². The van der Waals surface area contributed by atoms with E-state index in [0.29, 0.717) is 13.2 Å². The number of hydrogen-bond acceptors (Lipinski definition) is 4. The first-order valence-electron chi connectivity index (χ1n) is 6.60. The van der Waals surface area contributed by atoms with E-state index in [1.807, 2.05) is 6.92 Å². The fourth-order valence-electron chi connectivity index (χ4n) is 2.44. The second-order valence-electron chi connectivity index (χ2n) is 4.79. The molecule has 1 aliphatic heterocycles. The van der Waals surface area contributed by atoms with E-state index in [2.05, 4.69) is 4.74 Å². The lowest BCUT2D eigenvalue weighted by Crippen LogP contribution is -2.50. The van der Waals surface area contributed by atoms with Gasteiger partial charge in [0, 0.05) is 12.6 Å². The number of nitrogens with zero attached hydrogens (tertiary/aromatic N) is 1. The molecule has 0 bridgehead atoms. The minimum absolute atomic E-state index is 0.0643. The van der Waals surface area contributed by atoms with E-state index < -0.39 is 18.6 Å². The van der Waals surface area contributed by atoms with Crippen LogP contribution in [0.4, 0.5) is 8.78 Å². The Balaban J connectivity index is 2.17. The Morgan fingerprint density at radius 1 is 1.52 bits per heavy atom. The Labute approximate surface area is 121 Å². The number of ether oxygens (including phenoxy) is 2. The van der Waals surface area contributed by atoms with Crippen molar-refractivity contribution < 1.29 is 28.2 Å². The highest BCUT2D eigenvalue weighted by molar-refractivity contribution is 5.73. The van der Waals surface area contributed by atoms with Crippen molar-refractivity contribution in [2.24, 2.45) is 0 Å². The van der Waals surface area contributed by atoms with Crippen LogP contribution in [-0.4, -0.2) is 48.4 Å². The molecule has 21 heavy (non-hydrogen) atoms. The van der Waals surface area contributed by atoms with Crippen molar-refractivity contribution in [1.29, 1.82) is 0 Å². The fourth-order valence-corrected chi connectivity index (χ4v) is 2.44. The summed E-state index contributed by atoms with van der Waals surface area (Å²) < 4.78 is 34.1. The molecule has 1 saturated heterocycles. The normalized spacial score (nSPS) is 21.2. The van der Waals surface area contributed by atoms with Gasteiger partial charge in [0.1, 0.15) is 11.8 Å². The molecule has 1 N–H and O–H groups in total. The molecule has 5 nitrogen and oxygen atoms in total. The van der Waals surface area contributed by atoms with Crippen molar-refractivity contribution in [2.45, 2.75) is 25.6 Å². The highest BCUT2D eigenvalue weighted by atomic mass is 19.3. The summed E-state index contributed by atoms with van der Waals surface area (Å²) in [5.41, 5.74) is 0.723. The molecule has 0 aliphatic carbocycles. The van der Waals surface area contributed by atoms with Gasteiger partial charge in [-0.25, -0.2) is 0 Å². The Bertz CT molecular complexity index is 498. The second kappa shape index (κ2) is 6.82. The van der Waals surface area contributed by atoms with Gasteiger partial charge >= 0.3 is 12.6 Å². The Kier molecular flexibility index (Phi) is 5.08. The van der Waals surface area contributed by atoms with Crippen LogP contribution in [0, 0.1) is 0 Å². The third-order valence-corrected chi connectivity index (χ3v) is 3.52. The van der Waals surface area contributed by atoms with Crippen LogP contribution in [0.1, 0.15) is 18.5 Å². The van der Waals surface area contributed by atoms with Crippen LogP contribution in [0.25, 0.3) is 0 Å². The first-order valence-corrected chi connectivity index (χ1v) is 6.60. The maximum absolute atomic E-state index is 12.2. The van der Waals surface area contributed by atoms with Crippen LogP contribution in [0.5, 0.6) is 5.75 Å². The van der Waals surface area contributed by atoms with Crippen molar-refractivity contribution in [3.63, 3.8) is 0 Å². The van der Waals surface area contributed by atoms with E-state index in [4.69, 9.17) is 4.74 Å². The summed E-state index contributed by atoms with van der Waals surface area (Å²) in [6.45, 7) is -0.0135. The predicted molar refractivity (Wildman–Crippen MR) is 70.4 cm³/mol. The molecule has 7 heteroatoms. The van der Waals surface area contributed by atoms with Gasteiger partial charge < -0.3 is 14.6 Å². The predicted octanol–water partition coefficient (Wildman–Crippen LogP) is 2.13. The zero-order valence-electron chi connectivity index (χ0n) is 11.5. The molecule has 1 heterocycles. The molecule has 1 aromatic carbocycles. The summed E-state index contributed by atoms with van der Waals surface area (Å²) in [5, 5.41) is 9.23. The standard InChI is InChI=1S/C14H17F2NO4/c1-9(17-5-6-20-8-12(17)13(18)19)10-3-2-4-11(7-10)21-14(15)16/h2-4,7,9,12,14H,5-6,8H2,1H3,(H,18,19). The van der Waals surface area contributed by atoms with Crippen LogP contribution in [-0.2, 0) is 9.53 Å². The number of alkyl halides is 2. The summed E-state index contributed by atoms with van der Waals surface area (Å²) in [5.74, 6) is -0.893. The number of hydrogen-bond donors (Lipinski definition) is 1. The summed E-state index contributed by atoms with van der Waals surface area (Å²) >= 11 is 0. The minimum Gasteiger partial charge on any atom is -0.480 e. The zero-order valence-corrected chi connectivity index (χ0v) is 11.5. The van der Waals surface area contributed by atoms with E-state index in [1.54, 1.807) is 17.0 Å². The first-order chi connectivity index (χ1) is 9.99. The average Bonchev–Trinajstić information content (AvgIpc) is 2.46. The van der Waals surface area contributed by atoms with Crippen LogP contribution in [0.3, 0.4) is 0 Å². The topological polar surface area (TPSA) is 59.0 Å². The van der Waals surface area contributed by atoms with Gasteiger partial charge in [-0.1, -0.05) is 12.1 Å². The molecule has 0 spiro atoms. The smallest absolute Gasteiger partial charge is 0.387 e. The Morgan fingerprint density at radius 3 is 2.95 bits per heavy atom. The quantitative estimate of drug-likeness (QED) is 0.903. The largest absolute Gasteiger partial charge is 0.480 e. The number of benzene rings is 1. The Hall–Kier alpha value is -1.73. The fraction of sp³-hybridized carbons (Fsp3) is 0.500. The van der Waals surface area contributed by atoms with E-state index in [9.17, 15) is 18.7 Å². The summed E-state index contributed by atoms with van der Waals surface area (Å²) in [6, 6.07) is 5.34. The highest BCUT2D eigenvalue weighted by Crippen LogP contribution is 2.27. The molecular formula is C14H17F2NO4. The summed E-state index contributed by atoms with van der Waals surface area (Å²) in [6.07, 6.45) is 0. The lowest BCUT2D eigenvalue weighted by molar-refractivity contribution is -0.151. The number of halogens is 2. The molecule has 2 rings (SSSR count). The van der Waals surface area contributed by atoms with Crippen LogP contribution < -0.4 is 4.74 Å². The van der Waals surface area contributed by atoms with E-state index in [0.717, 1.165) is 5.56 Å². The van der Waals surface area contributed by atoms with Gasteiger partial charge in [-0.2, -0.15) is 8.78 Å². The van der Waals surface area contributed by atoms with E-state index in [-0.39, 0.29) is 18.4 Å². The molecule has 0 aromatic heterocycles. The van der Waals surface area contributed by atoms with E-state index >= 15 is 0 Å². The number of rotatable bonds is 5. The number of aliphatic carboxylic acids is 1. The minimum atomic E-state index is -2.88. The number of carboxylic acid groups (broad SMARTS) is 1. The average molecular weight is 301 g/mol. The Morgan fingerprint density at radius 2 is 2.29 bits per heavy atom. The van der Waals surface area contributed by atoms with Crippen molar-refractivity contribution in [3.8, 4) is 5.75 Å². The third-order valence-electron chi connectivity index (χ3n) is 3.52. The van der Waals surface area contributed by atoms with Gasteiger partial charge in [0.05, 0.1) is 13.2 Å². The van der Waals surface area contributed by atoms with Gasteiger partial charge in [0.15, 0.2) is 0 Å². The maximum Gasteiger partial charge on any atom is 0.387 e. The molecule has 2 atom stereocenters. The lowest BCUT2D eigenvalue weighted by atomic mass is 10.0. The van der Waals surface area contributed by atoms with Gasteiger partial charge in [0.25, 0.3) is 0 Å². The second-order valence-corrected chi connectivity index (χ2v) is 4.79. The van der Waals surface area contributed by atoms with Crippen LogP contribution in [0.2, 0.25) is 0 Å². The lowest BCUT2D eigenvalue weighted by Gasteiger charge is -2.37. The SMILES string of the molecule is CC(c1cccc(OC(F)F)c1)N1CCOCC1C(=O)O. The highest BCUT2D eigenvalue weighted by Gasteiger charge is 2.33. The zero-order chi connectivity index (χ0) is 15.4. The van der Waals surface area contributed by atoms with Crippen LogP contribution >= 0.6 is 0 Å². The van der Waals surface area contributed by atoms with Gasteiger partial charge in [-0.15, -0.1) is 0 Å². The van der Waals surface area contributed by atoms with Crippen molar-refractivity contribution in [1.82, 2.24) is 4.90 Å². The molecule has 0 saturated carbocycles. The molecule has 116 valence electrons. The molecule has 1 aliphatic rings. The molecule has 1 fully saturated rings. The molecule has 0 radical (unpaired) electrons. The van der Waals surface area contributed by atoms with Crippen molar-refractivity contribution >= 4 is 5.97 Å². The number of morpholine rings is 1. The monoisotopic (exact) mass is 301 g/mol. The number of carbonyl (C=O) groups is 1. The summed E-state index contributed by atoms with van der Waals surface area (Å²) in [7, 11) is 0. The van der Waals surface area contributed by atoms with Gasteiger partial charge in [0.2, 0.25) is 0 Å². The number of carboxylic acids is 1. The maximum atomic E-state index is 12.2. The molecular weight excluding hydrogens is 284 g/mol. The van der Waals surface area contributed by atoms with Crippen LogP contribution in [0.15, 0.2) is 24.3 Å². The summed E-state index contributed by atoms with van der Waals surface area (Å²) in [4.78, 5) is 13.1. The van der Waals surface area contributed by atoms with Crippen molar-refractivity contribution in [2.75, 3.05) is 19.8 Å². The third kappa shape index (κ3) is 3.89. The van der Waals surface area contributed by atoms with Crippen molar-refractivity contribution in [3.05, 3.63) is 29.8 Å². The van der Waals surface area contributed by atoms with Gasteiger partial charge in [-0.3, -0.25) is 9.69 Å². The first kappa shape index (κ1) is 15.7. The van der Waals surface area contributed by atoms with Gasteiger partial charge in [-0.05, 0) is 24.6 Å². The molecule has 0 amide bonds.